The van der Waals surface area contributed by atoms with Crippen LogP contribution in [0.1, 0.15) is 75.0 Å². The summed E-state index contributed by atoms with van der Waals surface area (Å²) >= 11 is 0. The van der Waals surface area contributed by atoms with Crippen LogP contribution >= 0.6 is 0 Å². The van der Waals surface area contributed by atoms with E-state index in [0.717, 1.165) is 43.4 Å². The monoisotopic (exact) mass is 356 g/mol. The number of carbonyl (C=O) groups is 2. The van der Waals surface area contributed by atoms with E-state index in [2.05, 4.69) is 13.8 Å². The third kappa shape index (κ3) is 2.62. The maximum Gasteiger partial charge on any atom is 2.00 e. The minimum atomic E-state index is 0. The molecule has 3 fully saturated rings. The summed E-state index contributed by atoms with van der Waals surface area (Å²) in [7, 11) is 0. The molecule has 2 nitrogen and oxygen atoms in total. The number of hydrogen-bond acceptors (Lipinski definition) is 2. The van der Waals surface area contributed by atoms with Gasteiger partial charge in [-0.2, -0.15) is 0 Å². The number of carbonyl (C=O) groups excluding carboxylic acids is 2. The van der Waals surface area contributed by atoms with Crippen molar-refractivity contribution in [1.82, 2.24) is 0 Å². The molecule has 4 aliphatic carbocycles. The van der Waals surface area contributed by atoms with E-state index in [1.165, 1.54) is 31.3 Å². The van der Waals surface area contributed by atoms with E-state index in [9.17, 15) is 9.59 Å². The molecule has 0 spiro atoms. The van der Waals surface area contributed by atoms with E-state index in [1.54, 1.807) is 6.92 Å². The molecule has 3 heteroatoms. The zero-order chi connectivity index (χ0) is 16.4. The summed E-state index contributed by atoms with van der Waals surface area (Å²) in [5, 5.41) is 0. The van der Waals surface area contributed by atoms with Crippen LogP contribution in [0, 0.1) is 34.5 Å². The van der Waals surface area contributed by atoms with Crippen molar-refractivity contribution in [2.24, 2.45) is 34.5 Å². The molecule has 0 heterocycles. The van der Waals surface area contributed by atoms with Gasteiger partial charge in [0.15, 0.2) is 5.78 Å². The Bertz CT molecular complexity index is 605. The molecule has 130 valence electrons. The predicted octanol–water partition coefficient (Wildman–Crippen LogP) is 4.57. The van der Waals surface area contributed by atoms with Crippen molar-refractivity contribution in [2.45, 2.75) is 72.1 Å². The zero-order valence-corrected chi connectivity index (χ0v) is 17.8. The molecule has 6 atom stereocenters. The number of Topliss-reactive ketones (excluding diaryl/α,β-unsaturated/α-hetero) is 1. The summed E-state index contributed by atoms with van der Waals surface area (Å²) < 4.78 is 0. The smallest absolute Gasteiger partial charge is 1.00 e. The molecule has 24 heavy (non-hydrogen) atoms. The summed E-state index contributed by atoms with van der Waals surface area (Å²) in [4.78, 5) is 24.0. The van der Waals surface area contributed by atoms with Gasteiger partial charge in [0.2, 0.25) is 0 Å². The van der Waals surface area contributed by atoms with Crippen LogP contribution in [0.4, 0.5) is 0 Å². The van der Waals surface area contributed by atoms with E-state index in [-0.39, 0.29) is 51.4 Å². The number of fused-ring (bicyclic) bond motifs is 5. The van der Waals surface area contributed by atoms with Gasteiger partial charge < -0.3 is 2.85 Å². The second kappa shape index (κ2) is 6.50. The van der Waals surface area contributed by atoms with Gasteiger partial charge in [0.1, 0.15) is 5.78 Å². The normalized spacial score (nSPS) is 47.0. The van der Waals surface area contributed by atoms with Crippen molar-refractivity contribution in [3.63, 3.8) is 0 Å². The fourth-order valence-electron chi connectivity index (χ4n) is 7.23. The van der Waals surface area contributed by atoms with Crippen LogP contribution in [0.15, 0.2) is 11.6 Å². The van der Waals surface area contributed by atoms with E-state index in [0.29, 0.717) is 17.5 Å². The largest absolute Gasteiger partial charge is 2.00 e. The number of ketones is 2. The molecule has 0 saturated heterocycles. The Labute approximate surface area is 179 Å². The molecule has 0 aromatic rings. The van der Waals surface area contributed by atoms with Gasteiger partial charge in [0, 0.05) is 12.3 Å². The first-order valence-electron chi connectivity index (χ1n) is 9.60. The Kier molecular flexibility index (Phi) is 5.17. The summed E-state index contributed by atoms with van der Waals surface area (Å²) in [6.45, 7) is 6.65. The maximum atomic E-state index is 12.1. The van der Waals surface area contributed by atoms with E-state index >= 15 is 0 Å². The Morgan fingerprint density at radius 2 is 1.83 bits per heavy atom. The molecule has 0 aromatic carbocycles. The second-order valence-electron chi connectivity index (χ2n) is 9.25. The number of hydrogen-bond donors (Lipinski definition) is 0. The molecule has 0 N–H and O–H groups in total. The Hall–Kier alpha value is 0.340. The average molecular weight is 357 g/mol. The molecule has 4 rings (SSSR count). The fourth-order valence-corrected chi connectivity index (χ4v) is 7.23. The second-order valence-corrected chi connectivity index (χ2v) is 9.25. The van der Waals surface area contributed by atoms with Crippen LogP contribution in [-0.4, -0.2) is 49.3 Å². The van der Waals surface area contributed by atoms with Crippen molar-refractivity contribution in [3.05, 3.63) is 11.6 Å². The van der Waals surface area contributed by atoms with Crippen molar-refractivity contribution < 1.29 is 12.4 Å². The summed E-state index contributed by atoms with van der Waals surface area (Å²) in [5.74, 6) is 3.29. The van der Waals surface area contributed by atoms with Crippen molar-refractivity contribution in [3.8, 4) is 0 Å². The number of rotatable bonds is 1. The van der Waals surface area contributed by atoms with Crippen molar-refractivity contribution in [1.29, 1.82) is 0 Å². The molecule has 0 amide bonds. The Morgan fingerprint density at radius 3 is 2.54 bits per heavy atom. The maximum absolute atomic E-state index is 12.1. The first kappa shape index (κ1) is 19.1. The molecule has 0 radical (unpaired) electrons. The molecule has 0 aromatic heterocycles. The van der Waals surface area contributed by atoms with Crippen LogP contribution in [-0.2, 0) is 9.59 Å². The van der Waals surface area contributed by atoms with Gasteiger partial charge in [-0.25, -0.2) is 0 Å². The molecule has 1 unspecified atom stereocenters. The quantitative estimate of drug-likeness (QED) is 0.645. The van der Waals surface area contributed by atoms with Crippen molar-refractivity contribution >= 4 is 49.3 Å². The topological polar surface area (TPSA) is 34.1 Å². The first-order chi connectivity index (χ1) is 10.9. The van der Waals surface area contributed by atoms with Crippen LogP contribution in [0.25, 0.3) is 0 Å². The molecule has 4 aliphatic rings. The molecular weight excluding hydrogens is 324 g/mol. The standard InChI is InChI=1S/C21H30O2.Ca.2H/c1-13(22)17-6-7-18-16-5-4-14-12-15(23)8-10-20(14,2)19(16)9-11-21(17,18)3;;;/h12,16-19H,4-11H2,1-3H3;;;/q;+2;2*-1/t16-,17-,18?,19-,20+,21-;;;/m1.../s1. The third-order valence-electron chi connectivity index (χ3n) is 8.45. The summed E-state index contributed by atoms with van der Waals surface area (Å²) in [5.41, 5.74) is 1.95. The minimum Gasteiger partial charge on any atom is -1.00 e. The molecule has 0 bridgehead atoms. The van der Waals surface area contributed by atoms with Gasteiger partial charge in [0.05, 0.1) is 0 Å². The minimum absolute atomic E-state index is 0. The number of allylic oxidation sites excluding steroid dienone is 1. The van der Waals surface area contributed by atoms with E-state index in [4.69, 9.17) is 0 Å². The summed E-state index contributed by atoms with van der Waals surface area (Å²) in [6, 6.07) is 0. The molecule has 3 saturated carbocycles. The third-order valence-corrected chi connectivity index (χ3v) is 8.45. The van der Waals surface area contributed by atoms with Crippen LogP contribution in [0.5, 0.6) is 0 Å². The van der Waals surface area contributed by atoms with Gasteiger partial charge in [-0.3, -0.25) is 9.59 Å². The van der Waals surface area contributed by atoms with E-state index < -0.39 is 0 Å². The van der Waals surface area contributed by atoms with Crippen LogP contribution < -0.4 is 0 Å². The van der Waals surface area contributed by atoms with Crippen molar-refractivity contribution in [2.75, 3.05) is 0 Å². The van der Waals surface area contributed by atoms with E-state index in [1.807, 2.05) is 6.08 Å². The van der Waals surface area contributed by atoms with Gasteiger partial charge >= 0.3 is 37.7 Å². The van der Waals surface area contributed by atoms with Crippen LogP contribution in [0.2, 0.25) is 0 Å². The fraction of sp³-hybridized carbons (Fsp3) is 0.810. The Balaban J connectivity index is 0.00000113. The first-order valence-corrected chi connectivity index (χ1v) is 9.60. The zero-order valence-electron chi connectivity index (χ0n) is 17.6. The van der Waals surface area contributed by atoms with Gasteiger partial charge in [-0.1, -0.05) is 19.4 Å². The molecule has 0 aliphatic heterocycles. The average Bonchev–Trinajstić information content (AvgIpc) is 2.85. The van der Waals surface area contributed by atoms with Crippen LogP contribution in [0.3, 0.4) is 0 Å². The van der Waals surface area contributed by atoms with Gasteiger partial charge in [-0.15, -0.1) is 0 Å². The summed E-state index contributed by atoms with van der Waals surface area (Å²) in [6.07, 6.45) is 10.9. The van der Waals surface area contributed by atoms with Gasteiger partial charge in [-0.05, 0) is 86.5 Å². The molecular formula is C21H32CaO2. The van der Waals surface area contributed by atoms with Gasteiger partial charge in [0.25, 0.3) is 0 Å². The SMILES string of the molecule is CC(=O)[C@H]1CCC2[C@H]3CCC4=CC(=O)CC[C@]4(C)[C@@H]3CC[C@@]21C.[Ca+2].[H-].[H-]. The predicted molar refractivity (Wildman–Crippen MR) is 98.9 cm³/mol. The Morgan fingerprint density at radius 1 is 1.08 bits per heavy atom.